The number of phenols is 1. The highest BCUT2D eigenvalue weighted by atomic mass is 16.3. The van der Waals surface area contributed by atoms with Crippen molar-refractivity contribution in [1.29, 1.82) is 0 Å². The zero-order valence-electron chi connectivity index (χ0n) is 9.21. The fourth-order valence-electron chi connectivity index (χ4n) is 1.83. The Morgan fingerprint density at radius 3 is 2.00 bits per heavy atom. The first kappa shape index (κ1) is 11.2. The average molecular weight is 227 g/mol. The van der Waals surface area contributed by atoms with Crippen LogP contribution in [0, 0.1) is 0 Å². The van der Waals surface area contributed by atoms with Gasteiger partial charge in [-0.15, -0.1) is 0 Å². The summed E-state index contributed by atoms with van der Waals surface area (Å²) in [4.78, 5) is 11.5. The number of nitrogens with two attached hydrogens (primary N) is 1. The van der Waals surface area contributed by atoms with Crippen LogP contribution in [0.5, 0.6) is 5.75 Å². The maximum Gasteiger partial charge on any atom is 0.229 e. The largest absolute Gasteiger partial charge is 0.508 e. The molecule has 0 spiro atoms. The van der Waals surface area contributed by atoms with Crippen molar-refractivity contribution in [2.45, 2.75) is 5.92 Å². The minimum Gasteiger partial charge on any atom is -0.508 e. The molecule has 0 bridgehead atoms. The number of hydrogen-bond donors (Lipinski definition) is 2. The highest BCUT2D eigenvalue weighted by molar-refractivity contribution is 5.85. The minimum atomic E-state index is -0.475. The summed E-state index contributed by atoms with van der Waals surface area (Å²) in [6.07, 6.45) is 0. The van der Waals surface area contributed by atoms with Crippen molar-refractivity contribution in [3.05, 3.63) is 65.7 Å². The summed E-state index contributed by atoms with van der Waals surface area (Å²) in [6.45, 7) is 0. The molecular weight excluding hydrogens is 214 g/mol. The average Bonchev–Trinajstić information content (AvgIpc) is 2.33. The fourth-order valence-corrected chi connectivity index (χ4v) is 1.83. The van der Waals surface area contributed by atoms with Crippen LogP contribution in [0.15, 0.2) is 54.6 Å². The summed E-state index contributed by atoms with van der Waals surface area (Å²) < 4.78 is 0. The number of amides is 1. The number of primary amides is 1. The van der Waals surface area contributed by atoms with Crippen molar-refractivity contribution < 1.29 is 9.90 Å². The third-order valence-electron chi connectivity index (χ3n) is 2.64. The van der Waals surface area contributed by atoms with Crippen LogP contribution in [0.3, 0.4) is 0 Å². The molecular formula is C14H13NO2. The van der Waals surface area contributed by atoms with Gasteiger partial charge in [0, 0.05) is 0 Å². The highest BCUT2D eigenvalue weighted by Gasteiger charge is 2.19. The van der Waals surface area contributed by atoms with Crippen LogP contribution in [0.25, 0.3) is 0 Å². The molecule has 0 saturated heterocycles. The second-order valence-corrected chi connectivity index (χ2v) is 3.84. The highest BCUT2D eigenvalue weighted by Crippen LogP contribution is 2.25. The molecule has 2 aromatic rings. The van der Waals surface area contributed by atoms with E-state index in [2.05, 4.69) is 0 Å². The van der Waals surface area contributed by atoms with E-state index >= 15 is 0 Å². The number of carbonyl (C=O) groups is 1. The van der Waals surface area contributed by atoms with Crippen LogP contribution in [0.1, 0.15) is 17.0 Å². The smallest absolute Gasteiger partial charge is 0.229 e. The molecule has 17 heavy (non-hydrogen) atoms. The predicted octanol–water partition coefficient (Wildman–Crippen LogP) is 2.01. The first-order chi connectivity index (χ1) is 8.18. The Kier molecular flexibility index (Phi) is 3.10. The molecule has 0 radical (unpaired) electrons. The van der Waals surface area contributed by atoms with Gasteiger partial charge < -0.3 is 10.8 Å². The topological polar surface area (TPSA) is 63.3 Å². The summed E-state index contributed by atoms with van der Waals surface area (Å²) in [5.74, 6) is -0.705. The molecule has 3 heteroatoms. The SMILES string of the molecule is NC(=O)C(c1ccccc1)c1ccc(O)cc1. The Balaban J connectivity index is 2.43. The van der Waals surface area contributed by atoms with Crippen molar-refractivity contribution in [3.8, 4) is 5.75 Å². The van der Waals surface area contributed by atoms with Gasteiger partial charge in [0.1, 0.15) is 5.75 Å². The van der Waals surface area contributed by atoms with Gasteiger partial charge in [-0.05, 0) is 23.3 Å². The third-order valence-corrected chi connectivity index (χ3v) is 2.64. The number of benzene rings is 2. The van der Waals surface area contributed by atoms with E-state index in [0.717, 1.165) is 11.1 Å². The molecule has 1 atom stereocenters. The molecule has 0 aliphatic carbocycles. The van der Waals surface area contributed by atoms with Gasteiger partial charge in [0.05, 0.1) is 5.92 Å². The number of hydrogen-bond acceptors (Lipinski definition) is 2. The zero-order valence-corrected chi connectivity index (χ0v) is 9.21. The van der Waals surface area contributed by atoms with Gasteiger partial charge in [-0.3, -0.25) is 4.79 Å². The Bertz CT molecular complexity index is 506. The summed E-state index contributed by atoms with van der Waals surface area (Å²) >= 11 is 0. The lowest BCUT2D eigenvalue weighted by atomic mass is 9.91. The van der Waals surface area contributed by atoms with E-state index in [4.69, 9.17) is 5.73 Å². The Morgan fingerprint density at radius 2 is 1.47 bits per heavy atom. The van der Waals surface area contributed by atoms with Crippen molar-refractivity contribution >= 4 is 5.91 Å². The third kappa shape index (κ3) is 2.45. The van der Waals surface area contributed by atoms with Crippen LogP contribution in [0.4, 0.5) is 0 Å². The van der Waals surface area contributed by atoms with E-state index in [1.54, 1.807) is 24.3 Å². The molecule has 0 aliphatic heterocycles. The Hall–Kier alpha value is -2.29. The van der Waals surface area contributed by atoms with Crippen molar-refractivity contribution in [1.82, 2.24) is 0 Å². The van der Waals surface area contributed by atoms with E-state index in [1.807, 2.05) is 30.3 Å². The van der Waals surface area contributed by atoms with Crippen LogP contribution in [-0.2, 0) is 4.79 Å². The first-order valence-electron chi connectivity index (χ1n) is 5.31. The lowest BCUT2D eigenvalue weighted by molar-refractivity contribution is -0.118. The van der Waals surface area contributed by atoms with E-state index in [1.165, 1.54) is 0 Å². The number of rotatable bonds is 3. The summed E-state index contributed by atoms with van der Waals surface area (Å²) in [6, 6.07) is 15.9. The summed E-state index contributed by atoms with van der Waals surface area (Å²) in [7, 11) is 0. The van der Waals surface area contributed by atoms with Gasteiger partial charge >= 0.3 is 0 Å². The molecule has 0 heterocycles. The van der Waals surface area contributed by atoms with Crippen molar-refractivity contribution in [2.75, 3.05) is 0 Å². The van der Waals surface area contributed by atoms with E-state index in [-0.39, 0.29) is 5.75 Å². The van der Waals surface area contributed by atoms with Gasteiger partial charge in [0.25, 0.3) is 0 Å². The maximum absolute atomic E-state index is 11.5. The molecule has 1 amide bonds. The van der Waals surface area contributed by atoms with Gasteiger partial charge in [-0.25, -0.2) is 0 Å². The second-order valence-electron chi connectivity index (χ2n) is 3.84. The number of phenolic OH excluding ortho intramolecular Hbond substituents is 1. The number of aromatic hydroxyl groups is 1. The Morgan fingerprint density at radius 1 is 0.941 bits per heavy atom. The molecule has 3 N–H and O–H groups in total. The van der Waals surface area contributed by atoms with Gasteiger partial charge in [0.2, 0.25) is 5.91 Å². The monoisotopic (exact) mass is 227 g/mol. The van der Waals surface area contributed by atoms with Crippen LogP contribution in [-0.4, -0.2) is 11.0 Å². The summed E-state index contributed by atoms with van der Waals surface area (Å²) in [5, 5.41) is 9.23. The molecule has 0 aromatic heterocycles. The van der Waals surface area contributed by atoms with Gasteiger partial charge in [-0.1, -0.05) is 42.5 Å². The second kappa shape index (κ2) is 4.70. The lowest BCUT2D eigenvalue weighted by Gasteiger charge is -2.14. The van der Waals surface area contributed by atoms with Crippen molar-refractivity contribution in [3.63, 3.8) is 0 Å². The zero-order chi connectivity index (χ0) is 12.3. The minimum absolute atomic E-state index is 0.171. The van der Waals surface area contributed by atoms with E-state index in [9.17, 15) is 9.90 Å². The molecule has 0 saturated carbocycles. The molecule has 2 rings (SSSR count). The molecule has 0 fully saturated rings. The summed E-state index contributed by atoms with van der Waals surface area (Å²) in [5.41, 5.74) is 7.07. The van der Waals surface area contributed by atoms with Crippen LogP contribution in [0.2, 0.25) is 0 Å². The standard InChI is InChI=1S/C14H13NO2/c15-14(17)13(10-4-2-1-3-5-10)11-6-8-12(16)9-7-11/h1-9,13,16H,(H2,15,17). The molecule has 1 unspecified atom stereocenters. The normalized spacial score (nSPS) is 12.0. The quantitative estimate of drug-likeness (QED) is 0.842. The molecule has 3 nitrogen and oxygen atoms in total. The van der Waals surface area contributed by atoms with Gasteiger partial charge in [0.15, 0.2) is 0 Å². The lowest BCUT2D eigenvalue weighted by Crippen LogP contribution is -2.22. The van der Waals surface area contributed by atoms with Gasteiger partial charge in [-0.2, -0.15) is 0 Å². The molecule has 0 aliphatic rings. The van der Waals surface area contributed by atoms with Crippen LogP contribution >= 0.6 is 0 Å². The molecule has 2 aromatic carbocycles. The first-order valence-corrected chi connectivity index (χ1v) is 5.31. The molecule has 86 valence electrons. The van der Waals surface area contributed by atoms with Crippen molar-refractivity contribution in [2.24, 2.45) is 5.73 Å². The van der Waals surface area contributed by atoms with E-state index in [0.29, 0.717) is 0 Å². The van der Waals surface area contributed by atoms with Crippen LogP contribution < -0.4 is 5.73 Å². The predicted molar refractivity (Wildman–Crippen MR) is 65.6 cm³/mol. The Labute approximate surface area is 99.5 Å². The maximum atomic E-state index is 11.5. The number of carbonyl (C=O) groups excluding carboxylic acids is 1. The van der Waals surface area contributed by atoms with E-state index < -0.39 is 11.8 Å². The fraction of sp³-hybridized carbons (Fsp3) is 0.0714.